The lowest BCUT2D eigenvalue weighted by Crippen LogP contribution is -2.25. The van der Waals surface area contributed by atoms with Crippen LogP contribution in [0.15, 0.2) is 30.4 Å². The Kier molecular flexibility index (Phi) is 3.14. The minimum Gasteiger partial charge on any atom is -0.401 e. The van der Waals surface area contributed by atoms with Crippen molar-refractivity contribution in [3.05, 3.63) is 47.2 Å². The molecule has 1 fully saturated rings. The van der Waals surface area contributed by atoms with Crippen molar-refractivity contribution in [3.63, 3.8) is 0 Å². The van der Waals surface area contributed by atoms with E-state index in [0.29, 0.717) is 12.2 Å². The van der Waals surface area contributed by atoms with Gasteiger partial charge in [-0.1, -0.05) is 6.07 Å². The molecule has 20 heavy (non-hydrogen) atoms. The van der Waals surface area contributed by atoms with Crippen molar-refractivity contribution in [2.75, 3.05) is 0 Å². The lowest BCUT2D eigenvalue weighted by Gasteiger charge is -2.11. The van der Waals surface area contributed by atoms with Crippen LogP contribution in [-0.4, -0.2) is 14.4 Å². The summed E-state index contributed by atoms with van der Waals surface area (Å²) in [7, 11) is 0. The van der Waals surface area contributed by atoms with Crippen LogP contribution < -0.4 is 11.6 Å². The maximum Gasteiger partial charge on any atom is 0.140 e. The first-order valence-electron chi connectivity index (χ1n) is 6.96. The van der Waals surface area contributed by atoms with Crippen molar-refractivity contribution in [1.82, 2.24) is 14.4 Å². The normalized spacial score (nSPS) is 15.8. The fourth-order valence-corrected chi connectivity index (χ4v) is 2.56. The quantitative estimate of drug-likeness (QED) is 0.659. The van der Waals surface area contributed by atoms with Crippen LogP contribution in [0.1, 0.15) is 42.5 Å². The van der Waals surface area contributed by atoms with Crippen LogP contribution >= 0.6 is 0 Å². The maximum absolute atomic E-state index is 5.88. The Hall–Kier alpha value is -2.01. The van der Waals surface area contributed by atoms with Crippen molar-refractivity contribution < 1.29 is 0 Å². The van der Waals surface area contributed by atoms with E-state index in [-0.39, 0.29) is 0 Å². The Morgan fingerprint density at radius 3 is 2.90 bits per heavy atom. The predicted octanol–water partition coefficient (Wildman–Crippen LogP) is 2.02. The molecular formula is C15H21N5. The lowest BCUT2D eigenvalue weighted by atomic mass is 10.1. The van der Waals surface area contributed by atoms with E-state index < -0.39 is 0 Å². The predicted molar refractivity (Wildman–Crippen MR) is 79.6 cm³/mol. The third-order valence-corrected chi connectivity index (χ3v) is 3.57. The van der Waals surface area contributed by atoms with Crippen LogP contribution in [0.25, 0.3) is 5.65 Å². The van der Waals surface area contributed by atoms with Crippen molar-refractivity contribution >= 4 is 5.65 Å². The van der Waals surface area contributed by atoms with E-state index in [1.807, 2.05) is 13.1 Å². The highest BCUT2D eigenvalue weighted by atomic mass is 15.4. The smallest absolute Gasteiger partial charge is 0.140 e. The molecule has 2 aromatic rings. The highest BCUT2D eigenvalue weighted by Crippen LogP contribution is 2.40. The number of hydrogen-bond acceptors (Lipinski definition) is 4. The molecule has 0 unspecified atom stereocenters. The molecular weight excluding hydrogens is 250 g/mol. The van der Waals surface area contributed by atoms with Gasteiger partial charge in [-0.25, -0.2) is 10.8 Å². The number of allylic oxidation sites excluding steroid dienone is 1. The molecule has 1 aliphatic carbocycles. The van der Waals surface area contributed by atoms with Crippen LogP contribution in [0.4, 0.5) is 0 Å². The molecule has 0 atom stereocenters. The fourth-order valence-electron chi connectivity index (χ4n) is 2.56. The zero-order valence-electron chi connectivity index (χ0n) is 12.0. The second kappa shape index (κ2) is 4.83. The van der Waals surface area contributed by atoms with Gasteiger partial charge in [0.15, 0.2) is 0 Å². The molecule has 0 aliphatic heterocycles. The van der Waals surface area contributed by atoms with Crippen molar-refractivity contribution in [1.29, 1.82) is 0 Å². The largest absolute Gasteiger partial charge is 0.401 e. The van der Waals surface area contributed by atoms with E-state index in [0.717, 1.165) is 17.3 Å². The van der Waals surface area contributed by atoms with Gasteiger partial charge in [-0.15, -0.1) is 0 Å². The van der Waals surface area contributed by atoms with Crippen LogP contribution in [0.2, 0.25) is 0 Å². The summed E-state index contributed by atoms with van der Waals surface area (Å²) in [6, 6.07) is 2.26. The molecule has 0 saturated heterocycles. The Morgan fingerprint density at radius 1 is 1.50 bits per heavy atom. The lowest BCUT2D eigenvalue weighted by molar-refractivity contribution is 0.379. The van der Waals surface area contributed by atoms with Gasteiger partial charge in [0.2, 0.25) is 0 Å². The van der Waals surface area contributed by atoms with Gasteiger partial charge in [-0.3, -0.25) is 0 Å². The van der Waals surface area contributed by atoms with Gasteiger partial charge in [-0.05, 0) is 43.7 Å². The molecule has 1 aliphatic rings. The van der Waals surface area contributed by atoms with Gasteiger partial charge in [0.1, 0.15) is 5.65 Å². The first-order valence-corrected chi connectivity index (χ1v) is 6.96. The Balaban J connectivity index is 1.90. The first-order chi connectivity index (χ1) is 9.52. The van der Waals surface area contributed by atoms with Gasteiger partial charge in [0.25, 0.3) is 0 Å². The van der Waals surface area contributed by atoms with E-state index in [1.54, 1.807) is 11.2 Å². The van der Waals surface area contributed by atoms with Gasteiger partial charge in [0, 0.05) is 24.3 Å². The number of imidazole rings is 1. The van der Waals surface area contributed by atoms with E-state index in [2.05, 4.69) is 28.6 Å². The van der Waals surface area contributed by atoms with Gasteiger partial charge >= 0.3 is 0 Å². The Morgan fingerprint density at radius 2 is 2.25 bits per heavy atom. The zero-order valence-corrected chi connectivity index (χ0v) is 12.0. The third-order valence-electron chi connectivity index (χ3n) is 3.57. The number of nitrogens with zero attached hydrogens (tertiary/aromatic N) is 3. The summed E-state index contributed by atoms with van der Waals surface area (Å²) in [5, 5.41) is 1.56. The molecule has 0 aromatic carbocycles. The second-order valence-corrected chi connectivity index (χ2v) is 5.74. The molecule has 0 bridgehead atoms. The van der Waals surface area contributed by atoms with Gasteiger partial charge in [-0.2, -0.15) is 0 Å². The molecule has 3 rings (SSSR count). The Labute approximate surface area is 118 Å². The number of nitrogens with two attached hydrogens (primary N) is 2. The summed E-state index contributed by atoms with van der Waals surface area (Å²) in [5.74, 6) is 6.63. The van der Waals surface area contributed by atoms with Crippen LogP contribution in [0.5, 0.6) is 0 Å². The number of hydrazine groups is 1. The fraction of sp³-hybridized carbons (Fsp3) is 0.400. The number of pyridine rings is 1. The number of rotatable bonds is 4. The summed E-state index contributed by atoms with van der Waals surface area (Å²) in [6.07, 6.45) is 8.58. The number of aryl methyl sites for hydroxylation is 1. The number of aromatic nitrogens is 2. The monoisotopic (exact) mass is 271 g/mol. The maximum atomic E-state index is 5.88. The molecule has 2 heterocycles. The SMILES string of the molecule is C/C(N)=C/N(N)Cc1cn2cc(C3CC3)cc(C)c2n1. The average Bonchev–Trinajstić information content (AvgIpc) is 3.10. The minimum absolute atomic E-state index is 0.550. The summed E-state index contributed by atoms with van der Waals surface area (Å²) in [5.41, 5.74) is 10.9. The van der Waals surface area contributed by atoms with Gasteiger partial charge in [0.05, 0.1) is 12.2 Å². The molecule has 1 saturated carbocycles. The van der Waals surface area contributed by atoms with Gasteiger partial charge < -0.3 is 15.1 Å². The number of fused-ring (bicyclic) bond motifs is 1. The van der Waals surface area contributed by atoms with Crippen LogP contribution in [-0.2, 0) is 6.54 Å². The molecule has 0 radical (unpaired) electrons. The van der Waals surface area contributed by atoms with E-state index in [1.165, 1.54) is 24.0 Å². The molecule has 4 N–H and O–H groups in total. The zero-order chi connectivity index (χ0) is 14.3. The molecule has 5 nitrogen and oxygen atoms in total. The number of hydrogen-bond donors (Lipinski definition) is 2. The molecule has 0 spiro atoms. The molecule has 2 aromatic heterocycles. The summed E-state index contributed by atoms with van der Waals surface area (Å²) in [6.45, 7) is 4.48. The second-order valence-electron chi connectivity index (χ2n) is 5.74. The van der Waals surface area contributed by atoms with Crippen molar-refractivity contribution in [2.24, 2.45) is 11.6 Å². The van der Waals surface area contributed by atoms with Crippen molar-refractivity contribution in [2.45, 2.75) is 39.2 Å². The molecule has 5 heteroatoms. The summed E-state index contributed by atoms with van der Waals surface area (Å²) < 4.78 is 2.12. The highest BCUT2D eigenvalue weighted by Gasteiger charge is 2.24. The van der Waals surface area contributed by atoms with E-state index >= 15 is 0 Å². The van der Waals surface area contributed by atoms with Crippen LogP contribution in [0, 0.1) is 6.92 Å². The van der Waals surface area contributed by atoms with E-state index in [4.69, 9.17) is 11.6 Å². The average molecular weight is 271 g/mol. The molecule has 106 valence electrons. The highest BCUT2D eigenvalue weighted by molar-refractivity contribution is 5.50. The summed E-state index contributed by atoms with van der Waals surface area (Å²) >= 11 is 0. The topological polar surface area (TPSA) is 72.6 Å². The summed E-state index contributed by atoms with van der Waals surface area (Å²) in [4.78, 5) is 4.65. The third kappa shape index (κ3) is 2.63. The van der Waals surface area contributed by atoms with Crippen LogP contribution in [0.3, 0.4) is 0 Å². The first kappa shape index (κ1) is 13.0. The Bertz CT molecular complexity index is 662. The van der Waals surface area contributed by atoms with E-state index in [9.17, 15) is 0 Å². The molecule has 0 amide bonds. The van der Waals surface area contributed by atoms with Crippen molar-refractivity contribution in [3.8, 4) is 0 Å². The standard InChI is InChI=1S/C15H21N5/c1-10-5-13(12-3-4-12)7-19-8-14(18-15(10)19)9-20(17)6-11(2)16/h5-8,12H,3-4,9,16-17H2,1-2H3/b11-6-. The minimum atomic E-state index is 0.550.